The average molecular weight is 476 g/mol. The first-order valence-electron chi connectivity index (χ1n) is 10.9. The Kier molecular flexibility index (Phi) is 6.98. The number of carbonyl (C=O) groups excluding carboxylic acids is 3. The molecule has 1 saturated heterocycles. The van der Waals surface area contributed by atoms with E-state index in [1.54, 1.807) is 47.6 Å². The molecule has 2 aromatic carbocycles. The number of nitrogens with one attached hydrogen (secondary N) is 1. The first-order valence-corrected chi connectivity index (χ1v) is 11.7. The Labute approximate surface area is 202 Å². The highest BCUT2D eigenvalue weighted by Crippen LogP contribution is 2.33. The number of hydrogen-bond acceptors (Lipinski definition) is 6. The number of aryl methyl sites for hydroxylation is 2. The van der Waals surface area contributed by atoms with Gasteiger partial charge in [-0.3, -0.25) is 19.3 Å². The number of rotatable bonds is 7. The topological polar surface area (TPSA) is 92.0 Å². The van der Waals surface area contributed by atoms with E-state index in [1.165, 1.54) is 18.7 Å². The highest BCUT2D eigenvalue weighted by molar-refractivity contribution is 8.15. The van der Waals surface area contributed by atoms with Crippen molar-refractivity contribution in [2.45, 2.75) is 39.0 Å². The SMILES string of the molecule is CC(=O)c1ccc(NC(=O)CC2SC(=Nc3cc(C)cc(C)c3)N(Cc3ccco3)C2=O)cc1. The molecule has 1 aliphatic heterocycles. The number of anilines is 1. The minimum Gasteiger partial charge on any atom is -0.467 e. The zero-order valence-corrected chi connectivity index (χ0v) is 20.0. The van der Waals surface area contributed by atoms with Gasteiger partial charge in [-0.15, -0.1) is 0 Å². The normalized spacial score (nSPS) is 16.8. The molecule has 0 saturated carbocycles. The average Bonchev–Trinajstić information content (AvgIpc) is 3.38. The van der Waals surface area contributed by atoms with E-state index in [0.29, 0.717) is 22.2 Å². The molecule has 2 heterocycles. The van der Waals surface area contributed by atoms with Gasteiger partial charge in [-0.25, -0.2) is 4.99 Å². The van der Waals surface area contributed by atoms with Gasteiger partial charge in [0.2, 0.25) is 11.8 Å². The number of nitrogens with zero attached hydrogens (tertiary/aromatic N) is 2. The molecule has 1 atom stereocenters. The molecule has 0 aliphatic carbocycles. The van der Waals surface area contributed by atoms with Crippen LogP contribution in [0.4, 0.5) is 11.4 Å². The molecule has 3 aromatic rings. The lowest BCUT2D eigenvalue weighted by Gasteiger charge is -2.15. The summed E-state index contributed by atoms with van der Waals surface area (Å²) in [6, 6.07) is 16.2. The molecule has 0 spiro atoms. The molecule has 1 aromatic heterocycles. The highest BCUT2D eigenvalue weighted by atomic mass is 32.2. The van der Waals surface area contributed by atoms with E-state index in [0.717, 1.165) is 16.8 Å². The molecule has 34 heavy (non-hydrogen) atoms. The van der Waals surface area contributed by atoms with E-state index in [2.05, 4.69) is 11.4 Å². The van der Waals surface area contributed by atoms with Crippen LogP contribution in [-0.2, 0) is 16.1 Å². The largest absolute Gasteiger partial charge is 0.467 e. The van der Waals surface area contributed by atoms with Crippen LogP contribution in [0.2, 0.25) is 0 Å². The fourth-order valence-corrected chi connectivity index (χ4v) is 4.88. The summed E-state index contributed by atoms with van der Waals surface area (Å²) in [5.41, 5.74) is 4.06. The maximum atomic E-state index is 13.2. The quantitative estimate of drug-likeness (QED) is 0.471. The lowest BCUT2D eigenvalue weighted by atomic mass is 10.1. The number of amides is 2. The highest BCUT2D eigenvalue weighted by Gasteiger charge is 2.39. The van der Waals surface area contributed by atoms with E-state index in [1.807, 2.05) is 26.0 Å². The third-order valence-electron chi connectivity index (χ3n) is 5.29. The monoisotopic (exact) mass is 475 g/mol. The van der Waals surface area contributed by atoms with Crippen LogP contribution in [-0.4, -0.2) is 32.9 Å². The standard InChI is InChI=1S/C26H25N3O4S/c1-16-11-17(2)13-21(12-16)28-26-29(15-22-5-4-10-33-22)25(32)23(34-26)14-24(31)27-20-8-6-19(7-9-20)18(3)30/h4-13,23H,14-15H2,1-3H3,(H,27,31). The van der Waals surface area contributed by atoms with E-state index >= 15 is 0 Å². The van der Waals surface area contributed by atoms with Crippen molar-refractivity contribution >= 4 is 45.9 Å². The number of aliphatic imine (C=N–C) groups is 1. The van der Waals surface area contributed by atoms with Crippen LogP contribution in [0.1, 0.15) is 40.6 Å². The Morgan fingerprint density at radius 2 is 1.79 bits per heavy atom. The molecule has 1 aliphatic rings. The number of benzene rings is 2. The molecule has 174 valence electrons. The minimum atomic E-state index is -0.601. The number of ketones is 1. The van der Waals surface area contributed by atoms with E-state index < -0.39 is 5.25 Å². The number of hydrogen-bond donors (Lipinski definition) is 1. The van der Waals surface area contributed by atoms with Crippen molar-refractivity contribution in [3.8, 4) is 0 Å². The van der Waals surface area contributed by atoms with Crippen LogP contribution < -0.4 is 5.32 Å². The van der Waals surface area contributed by atoms with Crippen molar-refractivity contribution in [1.82, 2.24) is 4.90 Å². The lowest BCUT2D eigenvalue weighted by molar-refractivity contribution is -0.128. The molecule has 0 radical (unpaired) electrons. The maximum Gasteiger partial charge on any atom is 0.243 e. The Bertz CT molecular complexity index is 1230. The van der Waals surface area contributed by atoms with E-state index in [-0.39, 0.29) is 30.6 Å². The van der Waals surface area contributed by atoms with Crippen LogP contribution in [0.15, 0.2) is 70.3 Å². The molecule has 1 unspecified atom stereocenters. The smallest absolute Gasteiger partial charge is 0.243 e. The van der Waals surface area contributed by atoms with E-state index in [4.69, 9.17) is 9.41 Å². The van der Waals surface area contributed by atoms with Crippen molar-refractivity contribution in [3.63, 3.8) is 0 Å². The van der Waals surface area contributed by atoms with Crippen molar-refractivity contribution in [2.75, 3.05) is 5.32 Å². The fourth-order valence-electron chi connectivity index (χ4n) is 3.72. The lowest BCUT2D eigenvalue weighted by Crippen LogP contribution is -2.33. The van der Waals surface area contributed by atoms with Gasteiger partial charge in [0.05, 0.1) is 18.5 Å². The Balaban J connectivity index is 1.52. The van der Waals surface area contributed by atoms with Gasteiger partial charge in [0.1, 0.15) is 11.0 Å². The second-order valence-electron chi connectivity index (χ2n) is 8.24. The summed E-state index contributed by atoms with van der Waals surface area (Å²) >= 11 is 1.28. The number of carbonyl (C=O) groups is 3. The molecular weight excluding hydrogens is 450 g/mol. The molecule has 7 nitrogen and oxygen atoms in total. The van der Waals surface area contributed by atoms with Gasteiger partial charge in [0.25, 0.3) is 0 Å². The molecule has 2 amide bonds. The van der Waals surface area contributed by atoms with Gasteiger partial charge in [-0.1, -0.05) is 17.8 Å². The zero-order chi connectivity index (χ0) is 24.2. The van der Waals surface area contributed by atoms with Gasteiger partial charge >= 0.3 is 0 Å². The summed E-state index contributed by atoms with van der Waals surface area (Å²) in [6.07, 6.45) is 1.56. The summed E-state index contributed by atoms with van der Waals surface area (Å²) in [6.45, 7) is 5.73. The van der Waals surface area contributed by atoms with E-state index in [9.17, 15) is 14.4 Å². The van der Waals surface area contributed by atoms with Gasteiger partial charge in [-0.2, -0.15) is 0 Å². The van der Waals surface area contributed by atoms with Crippen LogP contribution in [0.3, 0.4) is 0 Å². The summed E-state index contributed by atoms with van der Waals surface area (Å²) in [4.78, 5) is 43.7. The van der Waals surface area contributed by atoms with Gasteiger partial charge in [-0.05, 0) is 80.4 Å². The third kappa shape index (κ3) is 5.63. The van der Waals surface area contributed by atoms with Crippen LogP contribution in [0.5, 0.6) is 0 Å². The van der Waals surface area contributed by atoms with Gasteiger partial charge in [0.15, 0.2) is 11.0 Å². The molecule has 4 rings (SSSR count). The third-order valence-corrected chi connectivity index (χ3v) is 6.47. The summed E-state index contributed by atoms with van der Waals surface area (Å²) in [7, 11) is 0. The molecule has 1 N–H and O–H groups in total. The fraction of sp³-hybridized carbons (Fsp3) is 0.231. The Morgan fingerprint density at radius 3 is 2.41 bits per heavy atom. The second kappa shape index (κ2) is 10.1. The number of Topliss-reactive ketones (excluding diaryl/α,β-unsaturated/α-hetero) is 1. The Morgan fingerprint density at radius 1 is 1.09 bits per heavy atom. The second-order valence-corrected chi connectivity index (χ2v) is 9.41. The molecule has 8 heteroatoms. The summed E-state index contributed by atoms with van der Waals surface area (Å²) in [5, 5.41) is 2.74. The summed E-state index contributed by atoms with van der Waals surface area (Å²) < 4.78 is 5.44. The minimum absolute atomic E-state index is 0.00151. The van der Waals surface area contributed by atoms with Crippen molar-refractivity contribution in [2.24, 2.45) is 4.99 Å². The predicted molar refractivity (Wildman–Crippen MR) is 133 cm³/mol. The molecular formula is C26H25N3O4S. The first kappa shape index (κ1) is 23.5. The van der Waals surface area contributed by atoms with Crippen LogP contribution in [0.25, 0.3) is 0 Å². The maximum absolute atomic E-state index is 13.2. The zero-order valence-electron chi connectivity index (χ0n) is 19.2. The van der Waals surface area contributed by atoms with Crippen molar-refractivity contribution in [3.05, 3.63) is 83.3 Å². The molecule has 0 bridgehead atoms. The van der Waals surface area contributed by atoms with Crippen molar-refractivity contribution in [1.29, 1.82) is 0 Å². The number of thioether (sulfide) groups is 1. The number of furan rings is 1. The number of amidine groups is 1. The molecule has 1 fully saturated rings. The van der Waals surface area contributed by atoms with Crippen LogP contribution in [0, 0.1) is 13.8 Å². The van der Waals surface area contributed by atoms with Crippen molar-refractivity contribution < 1.29 is 18.8 Å². The first-order chi connectivity index (χ1) is 16.3. The van der Waals surface area contributed by atoms with Crippen LogP contribution >= 0.6 is 11.8 Å². The van der Waals surface area contributed by atoms with Gasteiger partial charge < -0.3 is 9.73 Å². The van der Waals surface area contributed by atoms with Gasteiger partial charge in [0, 0.05) is 17.7 Å². The predicted octanol–water partition coefficient (Wildman–Crippen LogP) is 5.26. The Hall–Kier alpha value is -3.65. The summed E-state index contributed by atoms with van der Waals surface area (Å²) in [5.74, 6) is 0.120.